The van der Waals surface area contributed by atoms with E-state index in [0.717, 1.165) is 25.8 Å². The Labute approximate surface area is 74.9 Å². The Morgan fingerprint density at radius 2 is 2.17 bits per heavy atom. The van der Waals surface area contributed by atoms with E-state index in [1.54, 1.807) is 0 Å². The number of hydrogen-bond donors (Lipinski definition) is 0. The highest BCUT2D eigenvalue weighted by Gasteiger charge is 2.28. The van der Waals surface area contributed by atoms with Crippen LogP contribution >= 0.6 is 0 Å². The Hall–Kier alpha value is -0.110. The third-order valence-corrected chi connectivity index (χ3v) is 2.83. The minimum absolute atomic E-state index is 0.480. The topological polar surface area (TPSA) is 3.24 Å². The van der Waals surface area contributed by atoms with Gasteiger partial charge in [0, 0.05) is 18.6 Å². The molecule has 1 rings (SSSR count). The van der Waals surface area contributed by atoms with Crippen LogP contribution in [-0.2, 0) is 0 Å². The van der Waals surface area contributed by atoms with Crippen LogP contribution in [0.5, 0.6) is 0 Å². The molecule has 0 N–H and O–H groups in total. The van der Waals surface area contributed by atoms with Crippen LogP contribution < -0.4 is 0 Å². The summed E-state index contributed by atoms with van der Waals surface area (Å²) >= 11 is 0. The van der Waals surface area contributed by atoms with Crippen molar-refractivity contribution in [2.24, 2.45) is 0 Å². The van der Waals surface area contributed by atoms with Crippen LogP contribution in [0.25, 0.3) is 0 Å². The highest BCUT2D eigenvalue weighted by Crippen LogP contribution is 2.23. The molecule has 0 spiro atoms. The molecule has 0 radical (unpaired) electrons. The van der Waals surface area contributed by atoms with Gasteiger partial charge in [-0.2, -0.15) is 0 Å². The van der Waals surface area contributed by atoms with E-state index in [1.807, 2.05) is 0 Å². The lowest BCUT2D eigenvalue weighted by Crippen LogP contribution is -2.46. The number of nitrogens with zero attached hydrogens (tertiary/aromatic N) is 1. The summed E-state index contributed by atoms with van der Waals surface area (Å²) < 4.78 is 13.0. The highest BCUT2D eigenvalue weighted by molar-refractivity contribution is 4.82. The summed E-state index contributed by atoms with van der Waals surface area (Å²) in [6, 6.07) is 1.05. The first-order valence-electron chi connectivity index (χ1n) is 5.05. The molecule has 2 atom stereocenters. The van der Waals surface area contributed by atoms with Crippen molar-refractivity contribution in [3.8, 4) is 0 Å². The number of piperidine rings is 1. The van der Waals surface area contributed by atoms with E-state index < -0.39 is 6.17 Å². The predicted molar refractivity (Wildman–Crippen MR) is 50.1 cm³/mol. The molecule has 1 nitrogen and oxygen atoms in total. The molecule has 0 unspecified atom stereocenters. The largest absolute Gasteiger partial charge is 0.298 e. The van der Waals surface area contributed by atoms with Crippen LogP contribution in [0.1, 0.15) is 40.0 Å². The van der Waals surface area contributed by atoms with Crippen LogP contribution in [0.3, 0.4) is 0 Å². The molecule has 0 aromatic rings. The number of rotatable bonds is 2. The smallest absolute Gasteiger partial charge is 0.103 e. The monoisotopic (exact) mass is 173 g/mol. The van der Waals surface area contributed by atoms with Gasteiger partial charge in [-0.25, -0.2) is 4.39 Å². The summed E-state index contributed by atoms with van der Waals surface area (Å²) in [5.74, 6) is 0. The molecule has 12 heavy (non-hydrogen) atoms. The van der Waals surface area contributed by atoms with E-state index in [-0.39, 0.29) is 0 Å². The Balaban J connectivity index is 2.50. The van der Waals surface area contributed by atoms with Crippen molar-refractivity contribution >= 4 is 0 Å². The quantitative estimate of drug-likeness (QED) is 0.620. The van der Waals surface area contributed by atoms with Crippen LogP contribution in [0.4, 0.5) is 4.39 Å². The number of alkyl halides is 1. The van der Waals surface area contributed by atoms with Gasteiger partial charge >= 0.3 is 0 Å². The van der Waals surface area contributed by atoms with Gasteiger partial charge in [0.1, 0.15) is 6.17 Å². The minimum Gasteiger partial charge on any atom is -0.298 e. The fourth-order valence-corrected chi connectivity index (χ4v) is 2.10. The lowest BCUT2D eigenvalue weighted by atomic mass is 9.97. The van der Waals surface area contributed by atoms with E-state index in [0.29, 0.717) is 12.1 Å². The van der Waals surface area contributed by atoms with Crippen molar-refractivity contribution in [1.29, 1.82) is 0 Å². The molecule has 0 saturated carbocycles. The summed E-state index contributed by atoms with van der Waals surface area (Å²) in [4.78, 5) is 2.43. The fourth-order valence-electron chi connectivity index (χ4n) is 2.10. The molecule has 0 bridgehead atoms. The van der Waals surface area contributed by atoms with Crippen molar-refractivity contribution in [3.63, 3.8) is 0 Å². The fraction of sp³-hybridized carbons (Fsp3) is 1.00. The molecular weight excluding hydrogens is 153 g/mol. The molecule has 0 amide bonds. The molecule has 1 heterocycles. The second kappa shape index (κ2) is 4.22. The first-order valence-corrected chi connectivity index (χ1v) is 5.05. The lowest BCUT2D eigenvalue weighted by molar-refractivity contribution is 0.0630. The highest BCUT2D eigenvalue weighted by atomic mass is 19.1. The third kappa shape index (κ3) is 2.19. The Bertz CT molecular complexity index is 136. The summed E-state index contributed by atoms with van der Waals surface area (Å²) in [7, 11) is 0. The van der Waals surface area contributed by atoms with Gasteiger partial charge in [0.2, 0.25) is 0 Å². The van der Waals surface area contributed by atoms with Gasteiger partial charge in [-0.1, -0.05) is 6.92 Å². The number of hydrogen-bond acceptors (Lipinski definition) is 1. The summed E-state index contributed by atoms with van der Waals surface area (Å²) in [6.07, 6.45) is 2.01. The molecule has 1 aliphatic heterocycles. The molecule has 0 aliphatic carbocycles. The van der Waals surface area contributed by atoms with Gasteiger partial charge in [0.15, 0.2) is 0 Å². The Kier molecular flexibility index (Phi) is 3.51. The zero-order valence-electron chi connectivity index (χ0n) is 8.39. The van der Waals surface area contributed by atoms with Gasteiger partial charge < -0.3 is 0 Å². The van der Waals surface area contributed by atoms with Crippen molar-refractivity contribution in [3.05, 3.63) is 0 Å². The molecule has 1 aliphatic rings. The lowest BCUT2D eigenvalue weighted by Gasteiger charge is -2.39. The van der Waals surface area contributed by atoms with E-state index in [1.165, 1.54) is 0 Å². The first kappa shape index (κ1) is 9.97. The van der Waals surface area contributed by atoms with Crippen LogP contribution in [0, 0.1) is 0 Å². The first-order chi connectivity index (χ1) is 5.65. The van der Waals surface area contributed by atoms with Crippen molar-refractivity contribution in [2.45, 2.75) is 58.3 Å². The second-order valence-corrected chi connectivity index (χ2v) is 4.02. The Morgan fingerprint density at radius 1 is 1.50 bits per heavy atom. The van der Waals surface area contributed by atoms with Crippen LogP contribution in [0.2, 0.25) is 0 Å². The van der Waals surface area contributed by atoms with Gasteiger partial charge in [-0.05, 0) is 33.1 Å². The molecule has 1 fully saturated rings. The van der Waals surface area contributed by atoms with Gasteiger partial charge in [-0.3, -0.25) is 4.90 Å². The van der Waals surface area contributed by atoms with Gasteiger partial charge in [-0.15, -0.1) is 0 Å². The standard InChI is InChI=1S/C10H20FN/c1-4-10-7-9(11)5-6-12(10)8(2)3/h8-10H,4-7H2,1-3H3/t9-,10+/m1/s1. The van der Waals surface area contributed by atoms with E-state index >= 15 is 0 Å². The van der Waals surface area contributed by atoms with Crippen LogP contribution in [-0.4, -0.2) is 29.7 Å². The SMILES string of the molecule is CC[C@H]1C[C@H](F)CCN1C(C)C. The summed E-state index contributed by atoms with van der Waals surface area (Å²) in [5, 5.41) is 0. The average molecular weight is 173 g/mol. The molecule has 72 valence electrons. The van der Waals surface area contributed by atoms with E-state index in [4.69, 9.17) is 0 Å². The maximum Gasteiger partial charge on any atom is 0.103 e. The van der Waals surface area contributed by atoms with Crippen molar-refractivity contribution in [2.75, 3.05) is 6.54 Å². The zero-order valence-corrected chi connectivity index (χ0v) is 8.39. The molecular formula is C10H20FN. The van der Waals surface area contributed by atoms with Crippen LogP contribution in [0.15, 0.2) is 0 Å². The van der Waals surface area contributed by atoms with Crippen molar-refractivity contribution in [1.82, 2.24) is 4.90 Å². The zero-order chi connectivity index (χ0) is 9.14. The van der Waals surface area contributed by atoms with E-state index in [9.17, 15) is 4.39 Å². The summed E-state index contributed by atoms with van der Waals surface area (Å²) in [5.41, 5.74) is 0. The van der Waals surface area contributed by atoms with Gasteiger partial charge in [0.05, 0.1) is 0 Å². The Morgan fingerprint density at radius 3 is 2.67 bits per heavy atom. The third-order valence-electron chi connectivity index (χ3n) is 2.83. The normalized spacial score (nSPS) is 32.8. The molecule has 0 aromatic heterocycles. The maximum atomic E-state index is 13.0. The molecule has 2 heteroatoms. The van der Waals surface area contributed by atoms with E-state index in [2.05, 4.69) is 25.7 Å². The predicted octanol–water partition coefficient (Wildman–Crippen LogP) is 2.61. The molecule has 1 saturated heterocycles. The average Bonchev–Trinajstić information content (AvgIpc) is 2.03. The number of halogens is 1. The number of likely N-dealkylation sites (tertiary alicyclic amines) is 1. The summed E-state index contributed by atoms with van der Waals surface area (Å²) in [6.45, 7) is 7.48. The van der Waals surface area contributed by atoms with Crippen molar-refractivity contribution < 1.29 is 4.39 Å². The second-order valence-electron chi connectivity index (χ2n) is 4.02. The molecule has 0 aromatic carbocycles. The minimum atomic E-state index is -0.551. The van der Waals surface area contributed by atoms with Gasteiger partial charge in [0.25, 0.3) is 0 Å². The maximum absolute atomic E-state index is 13.0.